The summed E-state index contributed by atoms with van der Waals surface area (Å²) in [5.74, 6) is -1.22. The zero-order valence-electron chi connectivity index (χ0n) is 7.40. The maximum absolute atomic E-state index is 13.2. The fourth-order valence-corrected chi connectivity index (χ4v) is 1.48. The molecule has 1 aromatic carbocycles. The van der Waals surface area contributed by atoms with Crippen LogP contribution in [0, 0.1) is 11.6 Å². The molecule has 0 spiro atoms. The zero-order chi connectivity index (χ0) is 10.6. The molecule has 4 heteroatoms. The SMILES string of the molecule is C=CCOCc1c(F)cc(F)cc1Br. The van der Waals surface area contributed by atoms with Crippen molar-refractivity contribution in [2.24, 2.45) is 0 Å². The summed E-state index contributed by atoms with van der Waals surface area (Å²) in [5, 5.41) is 0. The van der Waals surface area contributed by atoms with Crippen molar-refractivity contribution >= 4 is 15.9 Å². The molecule has 0 amide bonds. The summed E-state index contributed by atoms with van der Waals surface area (Å²) in [6, 6.07) is 2.03. The summed E-state index contributed by atoms with van der Waals surface area (Å²) in [5.41, 5.74) is 0.313. The van der Waals surface area contributed by atoms with E-state index in [1.807, 2.05) is 0 Å². The van der Waals surface area contributed by atoms with Crippen LogP contribution in [0.5, 0.6) is 0 Å². The number of ether oxygens (including phenoxy) is 1. The molecular formula is C10H9BrF2O. The number of rotatable bonds is 4. The first-order chi connectivity index (χ1) is 6.65. The second-order valence-electron chi connectivity index (χ2n) is 2.65. The average molecular weight is 263 g/mol. The summed E-state index contributed by atoms with van der Waals surface area (Å²) in [6.07, 6.45) is 1.56. The molecular weight excluding hydrogens is 254 g/mol. The minimum absolute atomic E-state index is 0.0959. The monoisotopic (exact) mass is 262 g/mol. The number of hydrogen-bond donors (Lipinski definition) is 0. The molecule has 1 nitrogen and oxygen atoms in total. The van der Waals surface area contributed by atoms with Crippen molar-refractivity contribution in [1.82, 2.24) is 0 Å². The van der Waals surface area contributed by atoms with Crippen molar-refractivity contribution in [2.75, 3.05) is 6.61 Å². The van der Waals surface area contributed by atoms with Crippen molar-refractivity contribution < 1.29 is 13.5 Å². The van der Waals surface area contributed by atoms with Gasteiger partial charge in [0.1, 0.15) is 11.6 Å². The Morgan fingerprint density at radius 1 is 1.43 bits per heavy atom. The van der Waals surface area contributed by atoms with E-state index in [1.54, 1.807) is 6.08 Å². The minimum atomic E-state index is -0.610. The smallest absolute Gasteiger partial charge is 0.132 e. The molecule has 0 radical (unpaired) electrons. The molecule has 0 saturated heterocycles. The standard InChI is InChI=1S/C10H9BrF2O/c1-2-3-14-6-8-9(11)4-7(12)5-10(8)13/h2,4-5H,1,3,6H2. The third kappa shape index (κ3) is 2.89. The van der Waals surface area contributed by atoms with Gasteiger partial charge >= 0.3 is 0 Å². The maximum atomic E-state index is 13.2. The second-order valence-corrected chi connectivity index (χ2v) is 3.51. The predicted octanol–water partition coefficient (Wildman–Crippen LogP) is 3.43. The van der Waals surface area contributed by atoms with Crippen molar-refractivity contribution in [1.29, 1.82) is 0 Å². The van der Waals surface area contributed by atoms with E-state index in [2.05, 4.69) is 22.5 Å². The quantitative estimate of drug-likeness (QED) is 0.597. The molecule has 0 heterocycles. The average Bonchev–Trinajstić information content (AvgIpc) is 2.09. The Morgan fingerprint density at radius 3 is 2.71 bits per heavy atom. The molecule has 76 valence electrons. The van der Waals surface area contributed by atoms with Gasteiger partial charge in [0.2, 0.25) is 0 Å². The molecule has 0 N–H and O–H groups in total. The summed E-state index contributed by atoms with van der Waals surface area (Å²) >= 11 is 3.06. The van der Waals surface area contributed by atoms with E-state index < -0.39 is 11.6 Å². The lowest BCUT2D eigenvalue weighted by atomic mass is 10.2. The first-order valence-corrected chi connectivity index (χ1v) is 4.76. The fraction of sp³-hybridized carbons (Fsp3) is 0.200. The normalized spacial score (nSPS) is 10.2. The molecule has 1 aromatic rings. The van der Waals surface area contributed by atoms with Crippen LogP contribution in [0.1, 0.15) is 5.56 Å². The van der Waals surface area contributed by atoms with Crippen LogP contribution >= 0.6 is 15.9 Å². The van der Waals surface area contributed by atoms with Gasteiger partial charge in [-0.3, -0.25) is 0 Å². The number of benzene rings is 1. The molecule has 14 heavy (non-hydrogen) atoms. The Labute approximate surface area is 89.5 Å². The number of halogens is 3. The molecule has 0 fully saturated rings. The summed E-state index contributed by atoms with van der Waals surface area (Å²) in [7, 11) is 0. The molecule has 0 saturated carbocycles. The van der Waals surface area contributed by atoms with Crippen LogP contribution in [0.4, 0.5) is 8.78 Å². The Balaban J connectivity index is 2.80. The minimum Gasteiger partial charge on any atom is -0.373 e. The lowest BCUT2D eigenvalue weighted by Gasteiger charge is -2.06. The van der Waals surface area contributed by atoms with E-state index in [0.29, 0.717) is 16.6 Å². The molecule has 0 bridgehead atoms. The fourth-order valence-electron chi connectivity index (χ4n) is 0.954. The second kappa shape index (κ2) is 5.22. The van der Waals surface area contributed by atoms with Gasteiger partial charge < -0.3 is 4.74 Å². The third-order valence-corrected chi connectivity index (χ3v) is 2.30. The first-order valence-electron chi connectivity index (χ1n) is 3.97. The predicted molar refractivity (Wildman–Crippen MR) is 53.9 cm³/mol. The van der Waals surface area contributed by atoms with Crippen molar-refractivity contribution in [3.8, 4) is 0 Å². The highest BCUT2D eigenvalue weighted by Crippen LogP contribution is 2.22. The van der Waals surface area contributed by atoms with Gasteiger partial charge in [-0.2, -0.15) is 0 Å². The molecule has 0 aliphatic rings. The van der Waals surface area contributed by atoms with Gasteiger partial charge in [0.05, 0.1) is 13.2 Å². The molecule has 0 aliphatic heterocycles. The van der Waals surface area contributed by atoms with E-state index in [-0.39, 0.29) is 6.61 Å². The van der Waals surface area contributed by atoms with Gasteiger partial charge in [-0.25, -0.2) is 8.78 Å². The van der Waals surface area contributed by atoms with Crippen LogP contribution in [0.15, 0.2) is 29.3 Å². The van der Waals surface area contributed by atoms with E-state index in [0.717, 1.165) is 6.07 Å². The highest BCUT2D eigenvalue weighted by molar-refractivity contribution is 9.10. The van der Waals surface area contributed by atoms with Crippen molar-refractivity contribution in [3.63, 3.8) is 0 Å². The molecule has 0 aromatic heterocycles. The Bertz CT molecular complexity index is 316. The highest BCUT2D eigenvalue weighted by atomic mass is 79.9. The summed E-state index contributed by atoms with van der Waals surface area (Å²) in [6.45, 7) is 3.89. The maximum Gasteiger partial charge on any atom is 0.132 e. The lowest BCUT2D eigenvalue weighted by Crippen LogP contribution is -1.98. The zero-order valence-corrected chi connectivity index (χ0v) is 8.98. The molecule has 0 atom stereocenters. The summed E-state index contributed by atoms with van der Waals surface area (Å²) in [4.78, 5) is 0. The largest absolute Gasteiger partial charge is 0.373 e. The highest BCUT2D eigenvalue weighted by Gasteiger charge is 2.08. The van der Waals surface area contributed by atoms with Crippen LogP contribution in [0.2, 0.25) is 0 Å². The molecule has 1 rings (SSSR count). The van der Waals surface area contributed by atoms with Crippen LogP contribution in [0.25, 0.3) is 0 Å². The summed E-state index contributed by atoms with van der Waals surface area (Å²) < 4.78 is 31.3. The van der Waals surface area contributed by atoms with E-state index in [9.17, 15) is 8.78 Å². The van der Waals surface area contributed by atoms with Crippen LogP contribution < -0.4 is 0 Å². The van der Waals surface area contributed by atoms with Crippen molar-refractivity contribution in [3.05, 3.63) is 46.5 Å². The first kappa shape index (κ1) is 11.3. The van der Waals surface area contributed by atoms with Gasteiger partial charge in [0.15, 0.2) is 0 Å². The van der Waals surface area contributed by atoms with Gasteiger partial charge in [-0.15, -0.1) is 6.58 Å². The topological polar surface area (TPSA) is 9.23 Å². The van der Waals surface area contributed by atoms with Gasteiger partial charge in [0, 0.05) is 16.1 Å². The molecule has 0 unspecified atom stereocenters. The third-order valence-electron chi connectivity index (χ3n) is 1.59. The van der Waals surface area contributed by atoms with Gasteiger partial charge in [0.25, 0.3) is 0 Å². The number of hydrogen-bond acceptors (Lipinski definition) is 1. The van der Waals surface area contributed by atoms with Crippen LogP contribution in [-0.2, 0) is 11.3 Å². The van der Waals surface area contributed by atoms with E-state index in [1.165, 1.54) is 6.07 Å². The van der Waals surface area contributed by atoms with Gasteiger partial charge in [-0.05, 0) is 6.07 Å². The Morgan fingerprint density at radius 2 is 2.14 bits per heavy atom. The van der Waals surface area contributed by atoms with Crippen LogP contribution in [0.3, 0.4) is 0 Å². The van der Waals surface area contributed by atoms with E-state index >= 15 is 0 Å². The Hall–Kier alpha value is -0.740. The van der Waals surface area contributed by atoms with Crippen molar-refractivity contribution in [2.45, 2.75) is 6.61 Å². The lowest BCUT2D eigenvalue weighted by molar-refractivity contribution is 0.145. The Kier molecular flexibility index (Phi) is 4.22. The van der Waals surface area contributed by atoms with Gasteiger partial charge in [-0.1, -0.05) is 22.0 Å². The van der Waals surface area contributed by atoms with E-state index in [4.69, 9.17) is 4.74 Å². The molecule has 0 aliphatic carbocycles. The van der Waals surface area contributed by atoms with Crippen LogP contribution in [-0.4, -0.2) is 6.61 Å².